The molecule has 1 aromatic heterocycles. The largest absolute Gasteiger partial charge is 0.497 e. The number of ether oxygens (including phenoxy) is 1. The van der Waals surface area contributed by atoms with Crippen molar-refractivity contribution < 1.29 is 19.1 Å². The Morgan fingerprint density at radius 1 is 1.03 bits per heavy atom. The number of primary amides is 1. The molecule has 0 aliphatic rings. The molecule has 4 rings (SSSR count). The Morgan fingerprint density at radius 2 is 1.72 bits per heavy atom. The molecule has 8 heteroatoms. The predicted octanol–water partition coefficient (Wildman–Crippen LogP) is 4.06. The summed E-state index contributed by atoms with van der Waals surface area (Å²) in [5.41, 5.74) is 8.84. The van der Waals surface area contributed by atoms with E-state index in [2.05, 4.69) is 5.32 Å². The van der Waals surface area contributed by atoms with E-state index >= 15 is 0 Å². The van der Waals surface area contributed by atoms with Crippen LogP contribution in [0.15, 0.2) is 72.8 Å². The second-order valence-electron chi connectivity index (χ2n) is 8.48. The average Bonchev–Trinajstić information content (AvgIpc) is 3.14. The number of aromatic nitrogens is 1. The molecule has 2 amide bonds. The van der Waals surface area contributed by atoms with E-state index in [0.29, 0.717) is 38.5 Å². The van der Waals surface area contributed by atoms with Gasteiger partial charge in [-0.15, -0.1) is 0 Å². The summed E-state index contributed by atoms with van der Waals surface area (Å²) in [7, 11) is 1.55. The van der Waals surface area contributed by atoms with Gasteiger partial charge in [0.2, 0.25) is 11.8 Å². The van der Waals surface area contributed by atoms with Crippen molar-refractivity contribution in [2.24, 2.45) is 5.73 Å². The van der Waals surface area contributed by atoms with Crippen molar-refractivity contribution in [2.75, 3.05) is 7.11 Å². The molecule has 7 nitrogen and oxygen atoms in total. The third kappa shape index (κ3) is 5.26. The van der Waals surface area contributed by atoms with E-state index in [0.717, 1.165) is 5.56 Å². The monoisotopic (exact) mass is 503 g/mol. The number of nitrogens with two attached hydrogens (primary N) is 1. The predicted molar refractivity (Wildman–Crippen MR) is 139 cm³/mol. The second-order valence-corrected chi connectivity index (χ2v) is 8.92. The third-order valence-electron chi connectivity index (χ3n) is 6.13. The molecule has 184 valence electrons. The van der Waals surface area contributed by atoms with Crippen molar-refractivity contribution in [3.05, 3.63) is 100 Å². The number of rotatable bonds is 8. The van der Waals surface area contributed by atoms with Crippen LogP contribution < -0.4 is 15.8 Å². The van der Waals surface area contributed by atoms with Crippen LogP contribution in [0.5, 0.6) is 5.75 Å². The molecule has 0 unspecified atom stereocenters. The third-order valence-corrected chi connectivity index (χ3v) is 6.39. The zero-order chi connectivity index (χ0) is 25.8. The summed E-state index contributed by atoms with van der Waals surface area (Å²) in [6, 6.07) is 20.5. The summed E-state index contributed by atoms with van der Waals surface area (Å²) in [6.07, 6.45) is 0.237. The summed E-state index contributed by atoms with van der Waals surface area (Å²) in [5.74, 6) is -0.644. The number of nitrogens with zero attached hydrogens (tertiary/aromatic N) is 1. The van der Waals surface area contributed by atoms with Gasteiger partial charge in [-0.25, -0.2) is 0 Å². The fourth-order valence-corrected chi connectivity index (χ4v) is 4.40. The lowest BCUT2D eigenvalue weighted by molar-refractivity contribution is -0.126. The van der Waals surface area contributed by atoms with Crippen molar-refractivity contribution in [1.29, 1.82) is 0 Å². The Morgan fingerprint density at radius 3 is 2.36 bits per heavy atom. The van der Waals surface area contributed by atoms with Crippen LogP contribution in [-0.2, 0) is 22.4 Å². The van der Waals surface area contributed by atoms with Gasteiger partial charge in [0, 0.05) is 28.1 Å². The number of halogens is 1. The van der Waals surface area contributed by atoms with Crippen molar-refractivity contribution >= 4 is 40.2 Å². The molecule has 1 atom stereocenters. The summed E-state index contributed by atoms with van der Waals surface area (Å²) < 4.78 is 6.96. The first-order valence-corrected chi connectivity index (χ1v) is 11.8. The highest BCUT2D eigenvalue weighted by Gasteiger charge is 2.24. The Bertz CT molecular complexity index is 1430. The lowest BCUT2D eigenvalue weighted by Gasteiger charge is -2.16. The second kappa shape index (κ2) is 10.7. The minimum Gasteiger partial charge on any atom is -0.497 e. The first-order chi connectivity index (χ1) is 17.3. The molecule has 0 saturated carbocycles. The van der Waals surface area contributed by atoms with Crippen LogP contribution in [0.4, 0.5) is 0 Å². The van der Waals surface area contributed by atoms with E-state index in [-0.39, 0.29) is 24.7 Å². The topological polar surface area (TPSA) is 103 Å². The van der Waals surface area contributed by atoms with E-state index in [1.54, 1.807) is 61.1 Å². The molecule has 3 N–H and O–H groups in total. The van der Waals surface area contributed by atoms with Gasteiger partial charge in [-0.05, 0) is 60.5 Å². The molecule has 0 fully saturated rings. The maximum Gasteiger partial charge on any atom is 0.262 e. The van der Waals surface area contributed by atoms with Gasteiger partial charge >= 0.3 is 0 Å². The molecule has 0 aliphatic carbocycles. The molecule has 36 heavy (non-hydrogen) atoms. The van der Waals surface area contributed by atoms with E-state index in [4.69, 9.17) is 22.1 Å². The molecule has 0 bridgehead atoms. The molecule has 0 radical (unpaired) electrons. The molecule has 0 saturated heterocycles. The van der Waals surface area contributed by atoms with Crippen LogP contribution in [-0.4, -0.2) is 35.4 Å². The standard InChI is InChI=1S/C28H26ClN3O4/c1-17-22(16-26(33)31-24(27(30)34)14-18-6-4-3-5-7-18)23-15-21(36-2)12-13-25(23)32(17)28(35)19-8-10-20(29)11-9-19/h3-13,15,24H,14,16H2,1-2H3,(H2,30,34)(H,31,33)/t24-/m1/s1. The van der Waals surface area contributed by atoms with Gasteiger partial charge in [-0.3, -0.25) is 19.0 Å². The molecule has 0 aliphatic heterocycles. The maximum atomic E-state index is 13.4. The van der Waals surface area contributed by atoms with Gasteiger partial charge in [-0.2, -0.15) is 0 Å². The summed E-state index contributed by atoms with van der Waals surface area (Å²) in [5, 5.41) is 4.00. The van der Waals surface area contributed by atoms with Gasteiger partial charge in [0.15, 0.2) is 0 Å². The van der Waals surface area contributed by atoms with Crippen LogP contribution in [0.2, 0.25) is 5.02 Å². The van der Waals surface area contributed by atoms with Gasteiger partial charge < -0.3 is 15.8 Å². The van der Waals surface area contributed by atoms with Gasteiger partial charge in [0.05, 0.1) is 19.0 Å². The van der Waals surface area contributed by atoms with E-state index < -0.39 is 11.9 Å². The number of amides is 2. The first-order valence-electron chi connectivity index (χ1n) is 11.4. The molecular weight excluding hydrogens is 478 g/mol. The number of carbonyl (C=O) groups is 3. The lowest BCUT2D eigenvalue weighted by Crippen LogP contribution is -2.46. The minimum atomic E-state index is -0.862. The fraction of sp³-hybridized carbons (Fsp3) is 0.179. The SMILES string of the molecule is COc1ccc2c(c1)c(CC(=O)N[C@H](Cc1ccccc1)C(N)=O)c(C)n2C(=O)c1ccc(Cl)cc1. The van der Waals surface area contributed by atoms with Crippen LogP contribution in [0.1, 0.15) is 27.2 Å². The molecule has 1 heterocycles. The van der Waals surface area contributed by atoms with E-state index in [1.165, 1.54) is 0 Å². The quantitative estimate of drug-likeness (QED) is 0.378. The fourth-order valence-electron chi connectivity index (χ4n) is 4.27. The molecular formula is C28H26ClN3O4. The van der Waals surface area contributed by atoms with Gasteiger partial charge in [-0.1, -0.05) is 41.9 Å². The number of nitrogens with one attached hydrogen (secondary N) is 1. The number of methoxy groups -OCH3 is 1. The number of fused-ring (bicyclic) bond motifs is 1. The summed E-state index contributed by atoms with van der Waals surface area (Å²) in [6.45, 7) is 1.79. The Labute approximate surface area is 213 Å². The summed E-state index contributed by atoms with van der Waals surface area (Å²) in [4.78, 5) is 38.6. The average molecular weight is 504 g/mol. The Hall–Kier alpha value is -4.10. The van der Waals surface area contributed by atoms with Crippen LogP contribution in [0.3, 0.4) is 0 Å². The summed E-state index contributed by atoms with van der Waals surface area (Å²) >= 11 is 5.99. The van der Waals surface area contributed by atoms with Gasteiger partial charge in [0.1, 0.15) is 11.8 Å². The smallest absolute Gasteiger partial charge is 0.262 e. The highest BCUT2D eigenvalue weighted by molar-refractivity contribution is 6.30. The van der Waals surface area contributed by atoms with Crippen LogP contribution in [0, 0.1) is 6.92 Å². The Balaban J connectivity index is 1.68. The number of carbonyl (C=O) groups excluding carboxylic acids is 3. The van der Waals surface area contributed by atoms with Crippen molar-refractivity contribution in [3.63, 3.8) is 0 Å². The zero-order valence-electron chi connectivity index (χ0n) is 20.0. The normalized spacial score (nSPS) is 11.8. The number of benzene rings is 3. The van der Waals surface area contributed by atoms with E-state index in [9.17, 15) is 14.4 Å². The molecule has 4 aromatic rings. The van der Waals surface area contributed by atoms with E-state index in [1.807, 2.05) is 30.3 Å². The molecule has 0 spiro atoms. The van der Waals surface area contributed by atoms with Crippen molar-refractivity contribution in [3.8, 4) is 5.75 Å². The van der Waals surface area contributed by atoms with Crippen LogP contribution >= 0.6 is 11.6 Å². The Kier molecular flexibility index (Phi) is 7.41. The molecule has 3 aromatic carbocycles. The maximum absolute atomic E-state index is 13.4. The van der Waals surface area contributed by atoms with Crippen molar-refractivity contribution in [1.82, 2.24) is 9.88 Å². The number of hydrogen-bond donors (Lipinski definition) is 2. The highest BCUT2D eigenvalue weighted by Crippen LogP contribution is 2.31. The van der Waals surface area contributed by atoms with Crippen molar-refractivity contribution in [2.45, 2.75) is 25.8 Å². The minimum absolute atomic E-state index is 0.0467. The number of hydrogen-bond acceptors (Lipinski definition) is 4. The first kappa shape index (κ1) is 25.0. The lowest BCUT2D eigenvalue weighted by atomic mass is 10.0. The van der Waals surface area contributed by atoms with Crippen LogP contribution in [0.25, 0.3) is 10.9 Å². The zero-order valence-corrected chi connectivity index (χ0v) is 20.7. The van der Waals surface area contributed by atoms with Gasteiger partial charge in [0.25, 0.3) is 5.91 Å². The highest BCUT2D eigenvalue weighted by atomic mass is 35.5.